The molecule has 0 spiro atoms. The fourth-order valence-corrected chi connectivity index (χ4v) is 3.87. The smallest absolute Gasteiger partial charge is 0.0709 e. The van der Waals surface area contributed by atoms with Crippen LogP contribution < -0.4 is 0 Å². The van der Waals surface area contributed by atoms with Gasteiger partial charge in [-0.15, -0.1) is 0 Å². The van der Waals surface area contributed by atoms with Crippen LogP contribution in [0.4, 0.5) is 5.69 Å². The van der Waals surface area contributed by atoms with E-state index in [-0.39, 0.29) is 5.41 Å². The lowest BCUT2D eigenvalue weighted by atomic mass is 9.78. The van der Waals surface area contributed by atoms with Crippen molar-refractivity contribution in [2.75, 3.05) is 0 Å². The van der Waals surface area contributed by atoms with Crippen molar-refractivity contribution in [2.45, 2.75) is 52.4 Å². The Hall–Kier alpha value is -2.93. The average molecular weight is 396 g/mol. The Kier molecular flexibility index (Phi) is 7.05. The molecule has 1 heteroatoms. The third-order valence-corrected chi connectivity index (χ3v) is 5.67. The van der Waals surface area contributed by atoms with Gasteiger partial charge >= 0.3 is 0 Å². The van der Waals surface area contributed by atoms with E-state index in [4.69, 9.17) is 4.99 Å². The summed E-state index contributed by atoms with van der Waals surface area (Å²) in [7, 11) is 0. The number of benzene rings is 2. The molecule has 30 heavy (non-hydrogen) atoms. The predicted molar refractivity (Wildman–Crippen MR) is 132 cm³/mol. The van der Waals surface area contributed by atoms with E-state index in [1.165, 1.54) is 23.1 Å². The lowest BCUT2D eigenvalue weighted by molar-refractivity contribution is 0.527. The molecule has 0 aliphatic heterocycles. The summed E-state index contributed by atoms with van der Waals surface area (Å²) in [5.74, 6) is 0. The molecule has 0 N–H and O–H groups in total. The molecule has 1 aliphatic carbocycles. The number of nitrogens with zero attached hydrogens (tertiary/aromatic N) is 1. The number of rotatable bonds is 7. The number of aryl methyl sites for hydroxylation is 2. The van der Waals surface area contributed by atoms with Gasteiger partial charge < -0.3 is 0 Å². The number of hydrogen-bond acceptors (Lipinski definition) is 1. The third-order valence-electron chi connectivity index (χ3n) is 5.67. The van der Waals surface area contributed by atoms with Crippen LogP contribution in [-0.2, 0) is 11.8 Å². The second-order valence-electron chi connectivity index (χ2n) is 8.68. The van der Waals surface area contributed by atoms with Crippen molar-refractivity contribution < 1.29 is 0 Å². The molecule has 0 atom stereocenters. The Morgan fingerprint density at radius 3 is 2.50 bits per heavy atom. The van der Waals surface area contributed by atoms with Crippen molar-refractivity contribution in [3.63, 3.8) is 0 Å². The molecule has 0 bridgehead atoms. The second kappa shape index (κ2) is 9.71. The predicted octanol–water partition coefficient (Wildman–Crippen LogP) is 8.00. The number of allylic oxidation sites excluding steroid dienone is 7. The van der Waals surface area contributed by atoms with Gasteiger partial charge in [0.25, 0.3) is 0 Å². The summed E-state index contributed by atoms with van der Waals surface area (Å²) in [6.07, 6.45) is 14.1. The minimum absolute atomic E-state index is 0.100. The number of para-hydroxylation sites is 1. The van der Waals surface area contributed by atoms with Crippen LogP contribution in [0, 0.1) is 6.92 Å². The molecule has 3 rings (SSSR count). The minimum atomic E-state index is 0.100. The number of hydrogen-bond donors (Lipinski definition) is 0. The first-order valence-corrected chi connectivity index (χ1v) is 10.9. The summed E-state index contributed by atoms with van der Waals surface area (Å²) in [6, 6.07) is 17.1. The van der Waals surface area contributed by atoms with Gasteiger partial charge in [0.2, 0.25) is 0 Å². The van der Waals surface area contributed by atoms with Gasteiger partial charge in [-0.1, -0.05) is 101 Å². The fraction of sp³-hybridized carbons (Fsp3) is 0.276. The summed E-state index contributed by atoms with van der Waals surface area (Å²) in [5.41, 5.74) is 8.24. The van der Waals surface area contributed by atoms with Crippen molar-refractivity contribution in [1.29, 1.82) is 0 Å². The van der Waals surface area contributed by atoms with Crippen molar-refractivity contribution in [1.82, 2.24) is 0 Å². The molecule has 0 aromatic heterocycles. The highest BCUT2D eigenvalue weighted by atomic mass is 14.7. The van der Waals surface area contributed by atoms with Gasteiger partial charge in [-0.2, -0.15) is 0 Å². The molecule has 0 heterocycles. The summed E-state index contributed by atoms with van der Waals surface area (Å²) in [4.78, 5) is 4.84. The topological polar surface area (TPSA) is 12.4 Å². The zero-order chi connectivity index (χ0) is 21.6. The van der Waals surface area contributed by atoms with Crippen LogP contribution in [0.25, 0.3) is 0 Å². The lowest BCUT2D eigenvalue weighted by Gasteiger charge is -2.26. The Balaban J connectivity index is 1.78. The van der Waals surface area contributed by atoms with Crippen LogP contribution in [0.2, 0.25) is 0 Å². The highest BCUT2D eigenvalue weighted by Crippen LogP contribution is 2.31. The van der Waals surface area contributed by atoms with E-state index in [0.717, 1.165) is 35.4 Å². The van der Waals surface area contributed by atoms with Gasteiger partial charge in [-0.05, 0) is 65.2 Å². The summed E-state index contributed by atoms with van der Waals surface area (Å²) in [5, 5.41) is 0. The first-order chi connectivity index (χ1) is 14.4. The van der Waals surface area contributed by atoms with Crippen molar-refractivity contribution in [2.24, 2.45) is 4.99 Å². The van der Waals surface area contributed by atoms with Gasteiger partial charge in [-0.3, -0.25) is 0 Å². The quantitative estimate of drug-likeness (QED) is 0.450. The Bertz CT molecular complexity index is 1030. The molecule has 2 aromatic carbocycles. The molecule has 0 amide bonds. The lowest BCUT2D eigenvalue weighted by Crippen LogP contribution is -2.18. The van der Waals surface area contributed by atoms with Crippen molar-refractivity contribution >= 4 is 11.4 Å². The SMILES string of the molecule is C=C1C=CC(/C=C/CC(C)(C)c2ccccc2CCC)=CC/1=N/c1ccccc1C. The summed E-state index contributed by atoms with van der Waals surface area (Å²) in [6.45, 7) is 13.2. The van der Waals surface area contributed by atoms with Crippen molar-refractivity contribution in [3.05, 3.63) is 113 Å². The Labute approximate surface area is 182 Å². The maximum atomic E-state index is 4.84. The van der Waals surface area contributed by atoms with E-state index in [1.807, 2.05) is 18.2 Å². The van der Waals surface area contributed by atoms with Gasteiger partial charge in [0, 0.05) is 0 Å². The van der Waals surface area contributed by atoms with Crippen molar-refractivity contribution in [3.8, 4) is 0 Å². The molecule has 0 saturated heterocycles. The van der Waals surface area contributed by atoms with E-state index in [0.29, 0.717) is 0 Å². The molecule has 0 fully saturated rings. The molecule has 0 radical (unpaired) electrons. The van der Waals surface area contributed by atoms with Gasteiger partial charge in [0.05, 0.1) is 11.4 Å². The maximum absolute atomic E-state index is 4.84. The van der Waals surface area contributed by atoms with Gasteiger partial charge in [-0.25, -0.2) is 4.99 Å². The standard InChI is InChI=1S/C29H33N/c1-6-12-25-15-8-9-16-26(25)29(4,5)20-11-14-24-19-18-23(3)28(21-24)30-27-17-10-7-13-22(27)2/h7-11,13-19,21H,3,6,12,20H2,1-2,4-5H3/b14-11+,30-28-. The van der Waals surface area contributed by atoms with E-state index in [1.54, 1.807) is 0 Å². The molecule has 2 aromatic rings. The first-order valence-electron chi connectivity index (χ1n) is 10.9. The highest BCUT2D eigenvalue weighted by molar-refractivity contribution is 6.13. The van der Waals surface area contributed by atoms with Gasteiger partial charge in [0.15, 0.2) is 0 Å². The normalized spacial score (nSPS) is 15.8. The first kappa shape index (κ1) is 21.8. The molecule has 1 nitrogen and oxygen atoms in total. The van der Waals surface area contributed by atoms with E-state index >= 15 is 0 Å². The van der Waals surface area contributed by atoms with Crippen LogP contribution in [0.3, 0.4) is 0 Å². The van der Waals surface area contributed by atoms with Crippen LogP contribution in [0.5, 0.6) is 0 Å². The fourth-order valence-electron chi connectivity index (χ4n) is 3.87. The second-order valence-corrected chi connectivity index (χ2v) is 8.68. The largest absolute Gasteiger partial charge is 0.248 e. The van der Waals surface area contributed by atoms with Crippen LogP contribution in [0.1, 0.15) is 50.3 Å². The molecular formula is C29H33N. The summed E-state index contributed by atoms with van der Waals surface area (Å²) >= 11 is 0. The van der Waals surface area contributed by atoms with Gasteiger partial charge in [0.1, 0.15) is 0 Å². The van der Waals surface area contributed by atoms with E-state index in [2.05, 4.69) is 95.0 Å². The molecule has 0 saturated carbocycles. The average Bonchev–Trinajstić information content (AvgIpc) is 2.72. The molecule has 154 valence electrons. The van der Waals surface area contributed by atoms with Crippen LogP contribution >= 0.6 is 0 Å². The zero-order valence-corrected chi connectivity index (χ0v) is 18.8. The maximum Gasteiger partial charge on any atom is 0.0709 e. The Morgan fingerprint density at radius 2 is 1.73 bits per heavy atom. The summed E-state index contributed by atoms with van der Waals surface area (Å²) < 4.78 is 0. The highest BCUT2D eigenvalue weighted by Gasteiger charge is 2.21. The minimum Gasteiger partial charge on any atom is -0.248 e. The monoisotopic (exact) mass is 395 g/mol. The van der Waals surface area contributed by atoms with Crippen LogP contribution in [-0.4, -0.2) is 5.71 Å². The molecule has 0 unspecified atom stereocenters. The Morgan fingerprint density at radius 1 is 1.00 bits per heavy atom. The zero-order valence-electron chi connectivity index (χ0n) is 18.8. The van der Waals surface area contributed by atoms with Crippen LogP contribution in [0.15, 0.2) is 102 Å². The van der Waals surface area contributed by atoms with E-state index in [9.17, 15) is 0 Å². The van der Waals surface area contributed by atoms with E-state index < -0.39 is 0 Å². The number of aliphatic imine (C=N–C) groups is 1. The molecule has 1 aliphatic rings. The third kappa shape index (κ3) is 5.36. The molecular weight excluding hydrogens is 362 g/mol.